The summed E-state index contributed by atoms with van der Waals surface area (Å²) in [6, 6.07) is 23.1. The number of carbonyl (C=O) groups excluding carboxylic acids is 1. The number of carbonyl (C=O) groups is 1. The van der Waals surface area contributed by atoms with E-state index in [1.165, 1.54) is 25.7 Å². The number of unbranched alkanes of at least 4 members (excludes halogenated alkanes) is 5. The fourth-order valence-corrected chi connectivity index (χ4v) is 3.88. The average Bonchev–Trinajstić information content (AvgIpc) is 2.92. The number of ether oxygens (including phenoxy) is 3. The van der Waals surface area contributed by atoms with E-state index < -0.39 is 6.16 Å². The fraction of sp³-hybridized carbons (Fsp3) is 0.300. The molecule has 1 heterocycles. The Bertz CT molecular complexity index is 1260. The van der Waals surface area contributed by atoms with Gasteiger partial charge in [0, 0.05) is 17.8 Å². The number of nitrogens with zero attached hydrogens (tertiary/aromatic N) is 2. The standard InChI is InChI=1S/C30H32N2O4/c1-2-3-4-5-6-10-19-34-30(33)36-27-16-15-24-20-26(14-13-25(24)21-27)29-31-18-17-28(32-29)35-22-23-11-8-7-9-12-23/h7-9,11-18,20-21H,2-6,10,19,22H2,1H3. The van der Waals surface area contributed by atoms with Crippen LogP contribution in [-0.2, 0) is 11.3 Å². The second-order valence-corrected chi connectivity index (χ2v) is 8.68. The van der Waals surface area contributed by atoms with Gasteiger partial charge in [-0.25, -0.2) is 9.78 Å². The van der Waals surface area contributed by atoms with Crippen LogP contribution >= 0.6 is 0 Å². The lowest BCUT2D eigenvalue weighted by Crippen LogP contribution is -2.11. The second-order valence-electron chi connectivity index (χ2n) is 8.68. The van der Waals surface area contributed by atoms with Crippen molar-refractivity contribution in [2.24, 2.45) is 0 Å². The molecule has 0 aliphatic rings. The Kier molecular flexibility index (Phi) is 9.26. The van der Waals surface area contributed by atoms with Crippen LogP contribution in [0.3, 0.4) is 0 Å². The molecule has 0 spiro atoms. The molecule has 0 unspecified atom stereocenters. The minimum atomic E-state index is -0.666. The molecule has 3 aromatic carbocycles. The largest absolute Gasteiger partial charge is 0.513 e. The van der Waals surface area contributed by atoms with Crippen LogP contribution in [0.15, 0.2) is 79.0 Å². The predicted octanol–water partition coefficient (Wildman–Crippen LogP) is 7.75. The number of hydrogen-bond acceptors (Lipinski definition) is 6. The molecule has 0 aliphatic carbocycles. The molecule has 0 fully saturated rings. The molecule has 0 atom stereocenters. The van der Waals surface area contributed by atoms with Crippen molar-refractivity contribution in [2.45, 2.75) is 52.1 Å². The first-order valence-corrected chi connectivity index (χ1v) is 12.6. The Hall–Kier alpha value is -3.93. The van der Waals surface area contributed by atoms with Crippen LogP contribution in [0.1, 0.15) is 51.0 Å². The van der Waals surface area contributed by atoms with Crippen molar-refractivity contribution in [1.29, 1.82) is 0 Å². The summed E-state index contributed by atoms with van der Waals surface area (Å²) in [6.45, 7) is 3.02. The van der Waals surface area contributed by atoms with Crippen LogP contribution in [0.2, 0.25) is 0 Å². The molecule has 186 valence electrons. The second kappa shape index (κ2) is 13.2. The van der Waals surface area contributed by atoms with Crippen molar-refractivity contribution in [3.8, 4) is 23.0 Å². The molecule has 0 bridgehead atoms. The molecule has 0 saturated carbocycles. The molecule has 6 nitrogen and oxygen atoms in total. The van der Waals surface area contributed by atoms with Crippen LogP contribution in [0.4, 0.5) is 4.79 Å². The molecule has 0 amide bonds. The minimum absolute atomic E-state index is 0.385. The molecule has 0 saturated heterocycles. The van der Waals surface area contributed by atoms with Crippen molar-refractivity contribution in [2.75, 3.05) is 6.61 Å². The third-order valence-corrected chi connectivity index (χ3v) is 5.85. The maximum Gasteiger partial charge on any atom is 0.513 e. The van der Waals surface area contributed by atoms with E-state index in [1.54, 1.807) is 18.3 Å². The average molecular weight is 485 g/mol. The smallest absolute Gasteiger partial charge is 0.473 e. The van der Waals surface area contributed by atoms with Gasteiger partial charge >= 0.3 is 6.16 Å². The quantitative estimate of drug-likeness (QED) is 0.116. The van der Waals surface area contributed by atoms with Gasteiger partial charge in [-0.3, -0.25) is 0 Å². The van der Waals surface area contributed by atoms with Gasteiger partial charge in [0.25, 0.3) is 0 Å². The van der Waals surface area contributed by atoms with E-state index in [9.17, 15) is 4.79 Å². The normalized spacial score (nSPS) is 10.8. The summed E-state index contributed by atoms with van der Waals surface area (Å²) in [6.07, 6.45) is 7.85. The van der Waals surface area contributed by atoms with Crippen molar-refractivity contribution >= 4 is 16.9 Å². The van der Waals surface area contributed by atoms with E-state index >= 15 is 0 Å². The van der Waals surface area contributed by atoms with Gasteiger partial charge < -0.3 is 14.2 Å². The highest BCUT2D eigenvalue weighted by atomic mass is 16.7. The molecule has 36 heavy (non-hydrogen) atoms. The highest BCUT2D eigenvalue weighted by Gasteiger charge is 2.09. The van der Waals surface area contributed by atoms with Crippen molar-refractivity contribution in [3.05, 3.63) is 84.6 Å². The summed E-state index contributed by atoms with van der Waals surface area (Å²) in [4.78, 5) is 21.0. The molecule has 0 radical (unpaired) electrons. The lowest BCUT2D eigenvalue weighted by atomic mass is 10.1. The fourth-order valence-electron chi connectivity index (χ4n) is 3.88. The number of benzene rings is 3. The topological polar surface area (TPSA) is 70.5 Å². The van der Waals surface area contributed by atoms with Gasteiger partial charge in [0.1, 0.15) is 12.4 Å². The van der Waals surface area contributed by atoms with Crippen molar-refractivity contribution < 1.29 is 19.0 Å². The summed E-state index contributed by atoms with van der Waals surface area (Å²) in [5.74, 6) is 1.56. The maximum atomic E-state index is 12.0. The number of fused-ring (bicyclic) bond motifs is 1. The Balaban J connectivity index is 1.33. The molecule has 4 rings (SSSR count). The molecular formula is C30H32N2O4. The van der Waals surface area contributed by atoms with Gasteiger partial charge in [0.05, 0.1) is 6.61 Å². The van der Waals surface area contributed by atoms with Gasteiger partial charge in [0.2, 0.25) is 5.88 Å². The lowest BCUT2D eigenvalue weighted by Gasteiger charge is -2.09. The number of aromatic nitrogens is 2. The van der Waals surface area contributed by atoms with Gasteiger partial charge in [-0.1, -0.05) is 87.6 Å². The van der Waals surface area contributed by atoms with Crippen LogP contribution < -0.4 is 9.47 Å². The van der Waals surface area contributed by atoms with Gasteiger partial charge in [0.15, 0.2) is 5.82 Å². The zero-order valence-corrected chi connectivity index (χ0v) is 20.7. The summed E-state index contributed by atoms with van der Waals surface area (Å²) < 4.78 is 16.4. The highest BCUT2D eigenvalue weighted by Crippen LogP contribution is 2.26. The van der Waals surface area contributed by atoms with Crippen LogP contribution in [0.25, 0.3) is 22.2 Å². The molecule has 6 heteroatoms. The number of rotatable bonds is 12. The van der Waals surface area contributed by atoms with E-state index in [4.69, 9.17) is 14.2 Å². The predicted molar refractivity (Wildman–Crippen MR) is 141 cm³/mol. The van der Waals surface area contributed by atoms with Gasteiger partial charge in [-0.15, -0.1) is 0 Å². The van der Waals surface area contributed by atoms with Gasteiger partial charge in [-0.05, 0) is 41.0 Å². The van der Waals surface area contributed by atoms with Crippen molar-refractivity contribution in [1.82, 2.24) is 9.97 Å². The molecule has 0 aliphatic heterocycles. The van der Waals surface area contributed by atoms with E-state index in [0.29, 0.717) is 30.7 Å². The summed E-state index contributed by atoms with van der Waals surface area (Å²) in [7, 11) is 0. The molecular weight excluding hydrogens is 452 g/mol. The monoisotopic (exact) mass is 484 g/mol. The summed E-state index contributed by atoms with van der Waals surface area (Å²) in [5, 5.41) is 1.93. The Morgan fingerprint density at radius 3 is 2.47 bits per heavy atom. The van der Waals surface area contributed by atoms with Gasteiger partial charge in [-0.2, -0.15) is 4.98 Å². The first kappa shape index (κ1) is 25.2. The highest BCUT2D eigenvalue weighted by molar-refractivity contribution is 5.88. The van der Waals surface area contributed by atoms with Crippen LogP contribution in [0, 0.1) is 0 Å². The summed E-state index contributed by atoms with van der Waals surface area (Å²) in [5.41, 5.74) is 1.95. The van der Waals surface area contributed by atoms with E-state index in [-0.39, 0.29) is 0 Å². The maximum absolute atomic E-state index is 12.0. The molecule has 1 aromatic heterocycles. The SMILES string of the molecule is CCCCCCCCOC(=O)Oc1ccc2cc(-c3nccc(OCc4ccccc4)n3)ccc2c1. The Morgan fingerprint density at radius 2 is 1.61 bits per heavy atom. The Morgan fingerprint density at radius 1 is 0.833 bits per heavy atom. The number of hydrogen-bond donors (Lipinski definition) is 0. The summed E-state index contributed by atoms with van der Waals surface area (Å²) >= 11 is 0. The van der Waals surface area contributed by atoms with Crippen LogP contribution in [0.5, 0.6) is 11.6 Å². The van der Waals surface area contributed by atoms with Crippen LogP contribution in [-0.4, -0.2) is 22.7 Å². The Labute approximate surface area is 212 Å². The minimum Gasteiger partial charge on any atom is -0.473 e. The van der Waals surface area contributed by atoms with E-state index in [1.807, 2.05) is 60.7 Å². The third-order valence-electron chi connectivity index (χ3n) is 5.85. The third kappa shape index (κ3) is 7.54. The first-order valence-electron chi connectivity index (χ1n) is 12.6. The van der Waals surface area contributed by atoms with E-state index in [0.717, 1.165) is 34.7 Å². The first-order chi connectivity index (χ1) is 17.7. The zero-order chi connectivity index (χ0) is 25.0. The molecule has 4 aromatic rings. The lowest BCUT2D eigenvalue weighted by molar-refractivity contribution is 0.0973. The zero-order valence-electron chi connectivity index (χ0n) is 20.7. The van der Waals surface area contributed by atoms with E-state index in [2.05, 4.69) is 16.9 Å². The van der Waals surface area contributed by atoms with Crippen molar-refractivity contribution in [3.63, 3.8) is 0 Å². The molecule has 0 N–H and O–H groups in total.